The van der Waals surface area contributed by atoms with Crippen molar-refractivity contribution in [3.63, 3.8) is 0 Å². The molecule has 0 bridgehead atoms. The molecule has 1 saturated carbocycles. The summed E-state index contributed by atoms with van der Waals surface area (Å²) in [6.07, 6.45) is 0.535. The van der Waals surface area contributed by atoms with Gasteiger partial charge in [-0.15, -0.1) is 15.3 Å². The largest absolute Gasteiger partial charge is 0.494 e. The molecule has 10 nitrogen and oxygen atoms in total. The van der Waals surface area contributed by atoms with Crippen LogP contribution < -0.4 is 15.0 Å². The van der Waals surface area contributed by atoms with Crippen LogP contribution >= 0.6 is 11.3 Å². The molecule has 0 atom stereocenters. The van der Waals surface area contributed by atoms with E-state index in [9.17, 15) is 13.6 Å². The van der Waals surface area contributed by atoms with Gasteiger partial charge in [0, 0.05) is 36.7 Å². The maximum atomic E-state index is 13.5. The molecule has 1 fully saturated rings. The van der Waals surface area contributed by atoms with Crippen molar-refractivity contribution in [3.8, 4) is 40.2 Å². The van der Waals surface area contributed by atoms with Crippen LogP contribution in [0, 0.1) is 17.8 Å². The van der Waals surface area contributed by atoms with Crippen LogP contribution in [0.25, 0.3) is 22.6 Å². The van der Waals surface area contributed by atoms with E-state index < -0.39 is 18.0 Å². The fraction of sp³-hybridized carbons (Fsp3) is 0.280. The first-order valence-corrected chi connectivity index (χ1v) is 12.3. The molecule has 3 aromatic heterocycles. The van der Waals surface area contributed by atoms with Gasteiger partial charge in [0.1, 0.15) is 11.4 Å². The summed E-state index contributed by atoms with van der Waals surface area (Å²) in [5, 5.41) is 19.5. The number of hydrogen-bond donors (Lipinski definition) is 1. The van der Waals surface area contributed by atoms with Gasteiger partial charge in [0.15, 0.2) is 5.01 Å². The van der Waals surface area contributed by atoms with Crippen molar-refractivity contribution >= 4 is 28.4 Å². The van der Waals surface area contributed by atoms with Gasteiger partial charge < -0.3 is 14.1 Å². The van der Waals surface area contributed by atoms with Gasteiger partial charge in [-0.05, 0) is 48.6 Å². The minimum atomic E-state index is -2.82. The highest BCUT2D eigenvalue weighted by molar-refractivity contribution is 7.15. The molecule has 0 unspecified atom stereocenters. The van der Waals surface area contributed by atoms with E-state index >= 15 is 0 Å². The monoisotopic (exact) mass is 537 g/mol. The molecule has 0 spiro atoms. The minimum absolute atomic E-state index is 0.173. The fourth-order valence-corrected chi connectivity index (χ4v) is 4.04. The Morgan fingerprint density at radius 1 is 1.18 bits per heavy atom. The number of halogens is 2. The van der Waals surface area contributed by atoms with Crippen molar-refractivity contribution in [2.75, 3.05) is 31.4 Å². The Labute approximate surface area is 220 Å². The van der Waals surface area contributed by atoms with Crippen molar-refractivity contribution in [1.29, 1.82) is 0 Å². The zero-order valence-corrected chi connectivity index (χ0v) is 21.3. The highest BCUT2D eigenvalue weighted by atomic mass is 32.1. The Morgan fingerprint density at radius 2 is 2.00 bits per heavy atom. The third kappa shape index (κ3) is 5.45. The Hall–Kier alpha value is -4.44. The van der Waals surface area contributed by atoms with Crippen LogP contribution in [-0.2, 0) is 0 Å². The molecular formula is C25H21F2N7O3S. The van der Waals surface area contributed by atoms with Crippen LogP contribution in [0.15, 0.2) is 34.9 Å². The molecule has 3 heterocycles. The molecule has 0 aliphatic heterocycles. The zero-order valence-electron chi connectivity index (χ0n) is 20.5. The Kier molecular flexibility index (Phi) is 6.97. The van der Waals surface area contributed by atoms with E-state index in [1.807, 2.05) is 0 Å². The predicted molar refractivity (Wildman–Crippen MR) is 136 cm³/mol. The van der Waals surface area contributed by atoms with Crippen molar-refractivity contribution in [1.82, 2.24) is 25.4 Å². The molecular weight excluding hydrogens is 516 g/mol. The average molecular weight is 538 g/mol. The summed E-state index contributed by atoms with van der Waals surface area (Å²) in [6, 6.07) is 6.23. The van der Waals surface area contributed by atoms with Gasteiger partial charge in [-0.2, -0.15) is 0 Å². The Bertz CT molecular complexity index is 1550. The number of alkyl halides is 2. The van der Waals surface area contributed by atoms with Gasteiger partial charge in [0.2, 0.25) is 11.0 Å². The van der Waals surface area contributed by atoms with Crippen molar-refractivity contribution < 1.29 is 22.7 Å². The molecule has 0 radical (unpaired) electrons. The van der Waals surface area contributed by atoms with E-state index in [1.165, 1.54) is 25.4 Å². The molecule has 1 amide bonds. The number of carbonyl (C=O) groups excluding carboxylic acids is 1. The third-order valence-corrected chi connectivity index (χ3v) is 6.29. The first kappa shape index (κ1) is 25.2. The van der Waals surface area contributed by atoms with Gasteiger partial charge >= 0.3 is 6.01 Å². The third-order valence-electron chi connectivity index (χ3n) is 5.54. The molecule has 38 heavy (non-hydrogen) atoms. The quantitative estimate of drug-likeness (QED) is 0.335. The number of carbonyl (C=O) groups is 1. The second-order valence-corrected chi connectivity index (χ2v) is 9.54. The molecule has 4 aromatic rings. The number of nitrogens with zero attached hydrogens (tertiary/aromatic N) is 6. The summed E-state index contributed by atoms with van der Waals surface area (Å²) in [5.41, 5.74) is 0.720. The summed E-state index contributed by atoms with van der Waals surface area (Å²) >= 11 is 1.15. The molecule has 194 valence electrons. The Balaban J connectivity index is 1.55. The number of anilines is 2. The van der Waals surface area contributed by atoms with Crippen molar-refractivity contribution in [2.45, 2.75) is 19.3 Å². The normalized spacial score (nSPS) is 12.7. The summed E-state index contributed by atoms with van der Waals surface area (Å²) in [6.45, 7) is 0. The van der Waals surface area contributed by atoms with Crippen LogP contribution in [0.3, 0.4) is 0 Å². The highest BCUT2D eigenvalue weighted by Gasteiger charge is 2.23. The smallest absolute Gasteiger partial charge is 0.317 e. The number of nitrogens with one attached hydrogen (secondary N) is 1. The van der Waals surface area contributed by atoms with Gasteiger partial charge in [-0.3, -0.25) is 15.1 Å². The van der Waals surface area contributed by atoms with Gasteiger partial charge in [-0.1, -0.05) is 22.4 Å². The van der Waals surface area contributed by atoms with Crippen LogP contribution in [0.5, 0.6) is 5.75 Å². The fourth-order valence-electron chi connectivity index (χ4n) is 3.44. The number of aromatic nitrogens is 5. The lowest BCUT2D eigenvalue weighted by atomic mass is 9.96. The van der Waals surface area contributed by atoms with Crippen LogP contribution in [0.4, 0.5) is 19.9 Å². The average Bonchev–Trinajstić information content (AvgIpc) is 3.41. The molecule has 1 aliphatic rings. The first-order valence-electron chi connectivity index (χ1n) is 11.5. The maximum absolute atomic E-state index is 13.5. The van der Waals surface area contributed by atoms with Gasteiger partial charge in [0.05, 0.1) is 13.3 Å². The predicted octanol–water partition coefficient (Wildman–Crippen LogP) is 4.68. The molecule has 1 aliphatic carbocycles. The number of methoxy groups -OCH3 is 1. The topological polar surface area (TPSA) is 119 Å². The SMILES string of the molecule is COc1cnc(C(F)F)cc1-c1cc(-c2nnc(N(C)C)o2)ccc1C(=O)Nc1nnc(C#CC2CC2)s1. The summed E-state index contributed by atoms with van der Waals surface area (Å²) in [4.78, 5) is 18.8. The van der Waals surface area contributed by atoms with Crippen LogP contribution in [0.1, 0.15) is 40.3 Å². The number of pyridine rings is 1. The number of benzene rings is 1. The molecule has 1 aromatic carbocycles. The molecule has 5 rings (SSSR count). The number of amides is 1. The number of ether oxygens (including phenoxy) is 1. The standard InChI is InChI=1S/C25H21F2N7O3S/c1-34(2)25-33-31-23(37-25)14-7-8-15(16(10-14)17-11-18(21(26)27)28-12-19(17)36-3)22(35)29-24-32-30-20(38-24)9-6-13-4-5-13/h7-8,10-13,21H,4-5H2,1-3H3,(H,29,32,35). The number of hydrogen-bond acceptors (Lipinski definition) is 10. The van der Waals surface area contributed by atoms with E-state index in [0.29, 0.717) is 22.1 Å². The lowest BCUT2D eigenvalue weighted by molar-refractivity contribution is 0.102. The molecule has 13 heteroatoms. The number of rotatable bonds is 7. The van der Waals surface area contributed by atoms with Gasteiger partial charge in [0.25, 0.3) is 12.3 Å². The first-order chi connectivity index (χ1) is 18.3. The van der Waals surface area contributed by atoms with Crippen LogP contribution in [0.2, 0.25) is 0 Å². The van der Waals surface area contributed by atoms with E-state index in [1.54, 1.807) is 31.1 Å². The second kappa shape index (κ2) is 10.5. The van der Waals surface area contributed by atoms with Crippen molar-refractivity contribution in [3.05, 3.63) is 46.7 Å². The Morgan fingerprint density at radius 3 is 2.68 bits per heavy atom. The zero-order chi connectivity index (χ0) is 26.8. The van der Waals surface area contributed by atoms with E-state index in [0.717, 1.165) is 24.2 Å². The minimum Gasteiger partial charge on any atom is -0.494 e. The lowest BCUT2D eigenvalue weighted by Crippen LogP contribution is -2.13. The van der Waals surface area contributed by atoms with E-state index in [2.05, 4.69) is 42.5 Å². The maximum Gasteiger partial charge on any atom is 0.317 e. The van der Waals surface area contributed by atoms with Crippen molar-refractivity contribution in [2.24, 2.45) is 5.92 Å². The van der Waals surface area contributed by atoms with E-state index in [4.69, 9.17) is 9.15 Å². The summed E-state index contributed by atoms with van der Waals surface area (Å²) in [5.74, 6) is 6.33. The highest BCUT2D eigenvalue weighted by Crippen LogP contribution is 2.37. The molecule has 0 saturated heterocycles. The van der Waals surface area contributed by atoms with Crippen LogP contribution in [-0.4, -0.2) is 52.5 Å². The lowest BCUT2D eigenvalue weighted by Gasteiger charge is -2.14. The second-order valence-electron chi connectivity index (χ2n) is 8.56. The summed E-state index contributed by atoms with van der Waals surface area (Å²) in [7, 11) is 4.89. The summed E-state index contributed by atoms with van der Waals surface area (Å²) < 4.78 is 38.2. The molecule has 1 N–H and O–H groups in total. The van der Waals surface area contributed by atoms with E-state index in [-0.39, 0.29) is 33.9 Å². The van der Waals surface area contributed by atoms with Gasteiger partial charge in [-0.25, -0.2) is 8.78 Å².